The summed E-state index contributed by atoms with van der Waals surface area (Å²) in [7, 11) is 0. The molecule has 0 aliphatic carbocycles. The molecule has 0 amide bonds. The lowest BCUT2D eigenvalue weighted by molar-refractivity contribution is 0.462. The molecule has 0 spiro atoms. The summed E-state index contributed by atoms with van der Waals surface area (Å²) in [4.78, 5) is 0. The predicted octanol–water partition coefficient (Wildman–Crippen LogP) is 10.9. The summed E-state index contributed by atoms with van der Waals surface area (Å²) in [5, 5.41) is 4.85. The summed E-state index contributed by atoms with van der Waals surface area (Å²) < 4.78 is 19.3. The van der Waals surface area contributed by atoms with Gasteiger partial charge in [-0.1, -0.05) is 125 Å². The minimum Gasteiger partial charge on any atom is -0.456 e. The number of ether oxygens (including phenoxy) is 2. The van der Waals surface area contributed by atoms with Gasteiger partial charge in [-0.3, -0.25) is 0 Å². The average molecular weight is 685 g/mol. The van der Waals surface area contributed by atoms with Crippen molar-refractivity contribution >= 4 is 66.7 Å². The maximum atomic E-state index is 7.24. The first kappa shape index (κ1) is 30.4. The number of fused-ring (bicyclic) bond motifs is 10. The normalized spacial score (nSPS) is 13.1. The van der Waals surface area contributed by atoms with Crippen LogP contribution >= 0.6 is 0 Å². The minimum atomic E-state index is -0.0928. The van der Waals surface area contributed by atoms with Crippen LogP contribution in [0, 0.1) is 0 Å². The molecule has 2 aromatic heterocycles. The SMILES string of the molecule is CC(C)c1ccc2c(c1)B1c3cc(C(C)C)ccc3Oc3c(-n4c5ccccc5c5ccccc54)cc(-n4c5ccccc5c5ccccc54)c(c31)O2. The number of hydrogen-bond donors (Lipinski definition) is 0. The smallest absolute Gasteiger partial charge is 0.260 e. The molecule has 0 saturated carbocycles. The molecule has 0 atom stereocenters. The number of rotatable bonds is 4. The van der Waals surface area contributed by atoms with Crippen LogP contribution in [0.5, 0.6) is 23.0 Å². The Hall–Kier alpha value is -6.20. The Bertz CT molecular complexity index is 2680. The molecule has 0 unspecified atom stereocenters. The van der Waals surface area contributed by atoms with Crippen molar-refractivity contribution in [2.45, 2.75) is 39.5 Å². The van der Waals surface area contributed by atoms with Gasteiger partial charge in [-0.15, -0.1) is 0 Å². The van der Waals surface area contributed by atoms with Crippen molar-refractivity contribution in [3.63, 3.8) is 0 Å². The maximum Gasteiger partial charge on any atom is 0.260 e. The highest BCUT2D eigenvalue weighted by Gasteiger charge is 2.44. The Balaban J connectivity index is 1.34. The zero-order valence-electron chi connectivity index (χ0n) is 30.2. The molecule has 2 aliphatic rings. The average Bonchev–Trinajstić information content (AvgIpc) is 3.70. The van der Waals surface area contributed by atoms with Crippen molar-refractivity contribution in [3.8, 4) is 34.4 Å². The molecule has 4 nitrogen and oxygen atoms in total. The molecule has 11 rings (SSSR count). The van der Waals surface area contributed by atoms with E-state index in [1.165, 1.54) is 43.6 Å². The van der Waals surface area contributed by atoms with Crippen LogP contribution in [-0.4, -0.2) is 15.8 Å². The monoisotopic (exact) mass is 684 g/mol. The van der Waals surface area contributed by atoms with E-state index in [-0.39, 0.29) is 6.71 Å². The Kier molecular flexibility index (Phi) is 6.40. The molecule has 0 N–H and O–H groups in total. The minimum absolute atomic E-state index is 0.0928. The van der Waals surface area contributed by atoms with Crippen LogP contribution in [-0.2, 0) is 0 Å². The van der Waals surface area contributed by atoms with Gasteiger partial charge in [-0.2, -0.15) is 0 Å². The number of benzene rings is 7. The molecule has 7 aromatic carbocycles. The zero-order chi connectivity index (χ0) is 35.5. The Labute approximate surface area is 308 Å². The molecule has 4 heterocycles. The molecule has 0 saturated heterocycles. The van der Waals surface area contributed by atoms with Gasteiger partial charge in [0.15, 0.2) is 11.5 Å². The van der Waals surface area contributed by atoms with Gasteiger partial charge in [0, 0.05) is 27.0 Å². The third-order valence-corrected chi connectivity index (χ3v) is 11.6. The van der Waals surface area contributed by atoms with Gasteiger partial charge in [0.2, 0.25) is 0 Å². The Morgan fingerprint density at radius 2 is 0.792 bits per heavy atom. The standard InChI is InChI=1S/C48H37BN2O2/c1-28(2)30-21-23-44-36(25-30)49-37-26-31(29(3)4)22-24-45(37)53-48-43(51-40-19-11-7-15-34(40)35-16-8-12-20-41(35)51)27-42(47(52-44)46(48)49)50-38-17-9-5-13-32(38)33-14-6-10-18-39(33)50/h5-29H,1-4H3. The van der Waals surface area contributed by atoms with Crippen molar-refractivity contribution < 1.29 is 9.47 Å². The van der Waals surface area contributed by atoms with Gasteiger partial charge in [0.25, 0.3) is 6.71 Å². The summed E-state index contributed by atoms with van der Waals surface area (Å²) >= 11 is 0. The molecule has 9 aromatic rings. The van der Waals surface area contributed by atoms with E-state index >= 15 is 0 Å². The maximum absolute atomic E-state index is 7.24. The van der Waals surface area contributed by atoms with E-state index in [1.54, 1.807) is 0 Å². The van der Waals surface area contributed by atoms with E-state index < -0.39 is 0 Å². The van der Waals surface area contributed by atoms with Crippen LogP contribution in [0.15, 0.2) is 140 Å². The van der Waals surface area contributed by atoms with Crippen molar-refractivity contribution in [1.82, 2.24) is 9.13 Å². The summed E-state index contributed by atoms with van der Waals surface area (Å²) in [6.07, 6.45) is 0. The Morgan fingerprint density at radius 1 is 0.434 bits per heavy atom. The summed E-state index contributed by atoms with van der Waals surface area (Å²) in [6, 6.07) is 50.8. The van der Waals surface area contributed by atoms with Gasteiger partial charge in [0.05, 0.1) is 33.4 Å². The van der Waals surface area contributed by atoms with Crippen LogP contribution < -0.4 is 25.9 Å². The largest absolute Gasteiger partial charge is 0.456 e. The number of aromatic nitrogens is 2. The van der Waals surface area contributed by atoms with E-state index in [1.807, 2.05) is 0 Å². The summed E-state index contributed by atoms with van der Waals surface area (Å²) in [5.41, 5.74) is 12.6. The van der Waals surface area contributed by atoms with Gasteiger partial charge < -0.3 is 18.6 Å². The molecule has 0 fully saturated rings. The summed E-state index contributed by atoms with van der Waals surface area (Å²) in [5.74, 6) is 4.22. The molecule has 0 radical (unpaired) electrons. The van der Waals surface area contributed by atoms with Crippen LogP contribution in [0.2, 0.25) is 0 Å². The second kappa shape index (κ2) is 11.2. The van der Waals surface area contributed by atoms with E-state index in [9.17, 15) is 0 Å². The van der Waals surface area contributed by atoms with Gasteiger partial charge >= 0.3 is 0 Å². The van der Waals surface area contributed by atoms with E-state index in [4.69, 9.17) is 9.47 Å². The first-order valence-electron chi connectivity index (χ1n) is 18.8. The van der Waals surface area contributed by atoms with Crippen LogP contribution in [0.4, 0.5) is 0 Å². The second-order valence-electron chi connectivity index (χ2n) is 15.3. The van der Waals surface area contributed by atoms with Crippen LogP contribution in [0.1, 0.15) is 50.7 Å². The molecule has 53 heavy (non-hydrogen) atoms. The van der Waals surface area contributed by atoms with E-state index in [0.29, 0.717) is 11.8 Å². The van der Waals surface area contributed by atoms with Gasteiger partial charge in [0.1, 0.15) is 11.5 Å². The fourth-order valence-corrected chi connectivity index (χ4v) is 9.00. The van der Waals surface area contributed by atoms with E-state index in [2.05, 4.69) is 176 Å². The number of nitrogens with zero attached hydrogens (tertiary/aromatic N) is 2. The topological polar surface area (TPSA) is 28.3 Å². The molecular formula is C48H37BN2O2. The Morgan fingerprint density at radius 3 is 1.15 bits per heavy atom. The highest BCUT2D eigenvalue weighted by Crippen LogP contribution is 2.46. The lowest BCUT2D eigenvalue weighted by Crippen LogP contribution is -2.58. The second-order valence-corrected chi connectivity index (χ2v) is 15.3. The first-order chi connectivity index (χ1) is 26.0. The van der Waals surface area contributed by atoms with Crippen LogP contribution in [0.25, 0.3) is 55.0 Å². The van der Waals surface area contributed by atoms with Crippen molar-refractivity contribution in [2.24, 2.45) is 0 Å². The molecular weight excluding hydrogens is 647 g/mol. The molecule has 254 valence electrons. The van der Waals surface area contributed by atoms with Crippen molar-refractivity contribution in [1.29, 1.82) is 0 Å². The van der Waals surface area contributed by atoms with E-state index in [0.717, 1.165) is 61.9 Å². The lowest BCUT2D eigenvalue weighted by Gasteiger charge is -2.36. The highest BCUT2D eigenvalue weighted by molar-refractivity contribution is 6.98. The zero-order valence-corrected chi connectivity index (χ0v) is 30.2. The summed E-state index contributed by atoms with van der Waals surface area (Å²) in [6.45, 7) is 8.96. The first-order valence-corrected chi connectivity index (χ1v) is 18.8. The number of para-hydroxylation sites is 4. The molecule has 0 bridgehead atoms. The molecule has 2 aliphatic heterocycles. The third-order valence-electron chi connectivity index (χ3n) is 11.6. The predicted molar refractivity (Wildman–Crippen MR) is 221 cm³/mol. The fraction of sp³-hybridized carbons (Fsp3) is 0.125. The van der Waals surface area contributed by atoms with Crippen LogP contribution in [0.3, 0.4) is 0 Å². The van der Waals surface area contributed by atoms with Crippen molar-refractivity contribution in [2.75, 3.05) is 0 Å². The quantitative estimate of drug-likeness (QED) is 0.173. The van der Waals surface area contributed by atoms with Gasteiger partial charge in [-0.05, 0) is 76.4 Å². The highest BCUT2D eigenvalue weighted by atomic mass is 16.5. The number of hydrogen-bond acceptors (Lipinski definition) is 2. The third kappa shape index (κ3) is 4.25. The molecule has 5 heteroatoms. The lowest BCUT2D eigenvalue weighted by atomic mass is 9.34. The van der Waals surface area contributed by atoms with Crippen molar-refractivity contribution in [3.05, 3.63) is 151 Å². The van der Waals surface area contributed by atoms with Gasteiger partial charge in [-0.25, -0.2) is 0 Å². The fourth-order valence-electron chi connectivity index (χ4n) is 9.00.